The number of carbonyl (C=O) groups excluding carboxylic acids is 1. The number of Topliss-reactive ketones (excluding diaryl/α,β-unsaturated/α-hetero) is 1. The Morgan fingerprint density at radius 1 is 1.21 bits per heavy atom. The van der Waals surface area contributed by atoms with Crippen molar-refractivity contribution in [2.75, 3.05) is 0 Å². The van der Waals surface area contributed by atoms with E-state index in [1.54, 1.807) is 18.3 Å². The van der Waals surface area contributed by atoms with Gasteiger partial charge in [0, 0.05) is 24.7 Å². The Morgan fingerprint density at radius 3 is 2.58 bits per heavy atom. The highest BCUT2D eigenvalue weighted by atomic mass is 79.9. The second kappa shape index (κ2) is 5.93. The molecule has 19 heavy (non-hydrogen) atoms. The highest BCUT2D eigenvalue weighted by Gasteiger charge is 2.07. The molecule has 5 heteroatoms. The van der Waals surface area contributed by atoms with Gasteiger partial charge in [-0.1, -0.05) is 0 Å². The van der Waals surface area contributed by atoms with Crippen molar-refractivity contribution in [1.82, 2.24) is 4.57 Å². The van der Waals surface area contributed by atoms with Gasteiger partial charge in [-0.05, 0) is 52.3 Å². The molecule has 0 bridgehead atoms. The first-order chi connectivity index (χ1) is 9.08. The van der Waals surface area contributed by atoms with Crippen LogP contribution in [0.25, 0.3) is 0 Å². The molecule has 0 unspecified atom stereocenters. The molecule has 0 atom stereocenters. The maximum atomic E-state index is 12.7. The molecule has 0 amide bonds. The highest BCUT2D eigenvalue weighted by molar-refractivity contribution is 9.10. The summed E-state index contributed by atoms with van der Waals surface area (Å²) in [6, 6.07) is 8.77. The van der Waals surface area contributed by atoms with Gasteiger partial charge >= 0.3 is 0 Å². The lowest BCUT2D eigenvalue weighted by Gasteiger charge is -2.05. The minimum absolute atomic E-state index is 0.119. The maximum Gasteiger partial charge on any atom is 0.264 e. The number of hydrogen-bond donors (Lipinski definition) is 0. The van der Waals surface area contributed by atoms with E-state index in [2.05, 4.69) is 15.9 Å². The molecular weight excluding hydrogens is 313 g/mol. The third kappa shape index (κ3) is 3.38. The molecule has 1 aromatic heterocycles. The summed E-state index contributed by atoms with van der Waals surface area (Å²) < 4.78 is 14.7. The zero-order valence-electron chi connectivity index (χ0n) is 9.98. The number of halogens is 2. The van der Waals surface area contributed by atoms with Gasteiger partial charge in [-0.3, -0.25) is 9.59 Å². The monoisotopic (exact) mass is 323 g/mol. The molecule has 0 aliphatic heterocycles. The maximum absolute atomic E-state index is 12.7. The number of carbonyl (C=O) groups is 1. The summed E-state index contributed by atoms with van der Waals surface area (Å²) in [7, 11) is 0. The van der Waals surface area contributed by atoms with Gasteiger partial charge < -0.3 is 4.57 Å². The largest absolute Gasteiger partial charge is 0.314 e. The second-order valence-electron chi connectivity index (χ2n) is 4.03. The number of rotatable bonds is 4. The van der Waals surface area contributed by atoms with E-state index >= 15 is 0 Å². The Hall–Kier alpha value is -1.75. The van der Waals surface area contributed by atoms with Crippen LogP contribution in [0.1, 0.15) is 16.8 Å². The van der Waals surface area contributed by atoms with Crippen LogP contribution in [0.5, 0.6) is 0 Å². The topological polar surface area (TPSA) is 39.1 Å². The van der Waals surface area contributed by atoms with Crippen molar-refractivity contribution < 1.29 is 9.18 Å². The van der Waals surface area contributed by atoms with Crippen LogP contribution in [0.15, 0.2) is 51.9 Å². The number of benzene rings is 1. The average molecular weight is 324 g/mol. The van der Waals surface area contributed by atoms with Gasteiger partial charge in [-0.25, -0.2) is 4.39 Å². The molecular formula is C14H11BrFNO2. The van der Waals surface area contributed by atoms with Gasteiger partial charge in [0.2, 0.25) is 0 Å². The lowest BCUT2D eigenvalue weighted by molar-refractivity contribution is 0.0976. The van der Waals surface area contributed by atoms with Crippen molar-refractivity contribution in [2.45, 2.75) is 13.0 Å². The fourth-order valence-electron chi connectivity index (χ4n) is 1.69. The number of ketones is 1. The number of nitrogens with zero attached hydrogens (tertiary/aromatic N) is 1. The van der Waals surface area contributed by atoms with Gasteiger partial charge in [0.05, 0.1) is 4.47 Å². The number of aromatic nitrogens is 1. The smallest absolute Gasteiger partial charge is 0.264 e. The van der Waals surface area contributed by atoms with Crippen LogP contribution in [0.4, 0.5) is 4.39 Å². The van der Waals surface area contributed by atoms with E-state index in [9.17, 15) is 14.0 Å². The van der Waals surface area contributed by atoms with E-state index < -0.39 is 0 Å². The minimum Gasteiger partial charge on any atom is -0.314 e. The number of aryl methyl sites for hydroxylation is 1. The fourth-order valence-corrected chi connectivity index (χ4v) is 2.07. The Morgan fingerprint density at radius 2 is 1.89 bits per heavy atom. The van der Waals surface area contributed by atoms with Crippen molar-refractivity contribution >= 4 is 21.7 Å². The van der Waals surface area contributed by atoms with Crippen LogP contribution < -0.4 is 5.56 Å². The van der Waals surface area contributed by atoms with E-state index in [1.807, 2.05) is 0 Å². The highest BCUT2D eigenvalue weighted by Crippen LogP contribution is 2.07. The summed E-state index contributed by atoms with van der Waals surface area (Å²) in [5, 5.41) is 0. The molecule has 0 aliphatic rings. The zero-order valence-corrected chi connectivity index (χ0v) is 11.6. The Labute approximate surface area is 117 Å². The van der Waals surface area contributed by atoms with Crippen LogP contribution in [-0.4, -0.2) is 10.4 Å². The third-order valence-electron chi connectivity index (χ3n) is 2.72. The SMILES string of the molecule is O=C(CCn1cccc(Br)c1=O)c1ccc(F)cc1. The van der Waals surface area contributed by atoms with Gasteiger partial charge in [0.25, 0.3) is 5.56 Å². The molecule has 0 fully saturated rings. The minimum atomic E-state index is -0.375. The molecule has 2 aromatic rings. The van der Waals surface area contributed by atoms with Crippen molar-refractivity contribution in [3.63, 3.8) is 0 Å². The van der Waals surface area contributed by atoms with Crippen molar-refractivity contribution in [3.8, 4) is 0 Å². The summed E-state index contributed by atoms with van der Waals surface area (Å²) in [6.07, 6.45) is 1.83. The van der Waals surface area contributed by atoms with Crippen LogP contribution in [-0.2, 0) is 6.54 Å². The molecule has 3 nitrogen and oxygen atoms in total. The lowest BCUT2D eigenvalue weighted by Crippen LogP contribution is -2.21. The summed E-state index contributed by atoms with van der Waals surface area (Å²) in [5.74, 6) is -0.494. The molecule has 0 radical (unpaired) electrons. The van der Waals surface area contributed by atoms with Gasteiger partial charge in [0.1, 0.15) is 5.82 Å². The molecule has 98 valence electrons. The zero-order chi connectivity index (χ0) is 13.8. The van der Waals surface area contributed by atoms with Crippen molar-refractivity contribution in [2.24, 2.45) is 0 Å². The average Bonchev–Trinajstić information content (AvgIpc) is 2.41. The molecule has 0 aliphatic carbocycles. The van der Waals surface area contributed by atoms with Crippen molar-refractivity contribution in [1.29, 1.82) is 0 Å². The molecule has 1 aromatic carbocycles. The van der Waals surface area contributed by atoms with E-state index in [0.29, 0.717) is 16.6 Å². The summed E-state index contributed by atoms with van der Waals surface area (Å²) in [4.78, 5) is 23.6. The van der Waals surface area contributed by atoms with E-state index in [0.717, 1.165) is 0 Å². The second-order valence-corrected chi connectivity index (χ2v) is 4.89. The Bertz CT molecular complexity index is 649. The van der Waals surface area contributed by atoms with Crippen LogP contribution >= 0.6 is 15.9 Å². The van der Waals surface area contributed by atoms with E-state index in [4.69, 9.17) is 0 Å². The number of pyridine rings is 1. The van der Waals surface area contributed by atoms with Gasteiger partial charge in [-0.15, -0.1) is 0 Å². The van der Waals surface area contributed by atoms with Crippen LogP contribution in [0, 0.1) is 5.82 Å². The first-order valence-corrected chi connectivity index (χ1v) is 6.51. The van der Waals surface area contributed by atoms with Crippen molar-refractivity contribution in [3.05, 3.63) is 68.8 Å². The first-order valence-electron chi connectivity index (χ1n) is 5.71. The van der Waals surface area contributed by atoms with Crippen LogP contribution in [0.3, 0.4) is 0 Å². The number of hydrogen-bond acceptors (Lipinski definition) is 2. The quantitative estimate of drug-likeness (QED) is 0.811. The lowest BCUT2D eigenvalue weighted by atomic mass is 10.1. The van der Waals surface area contributed by atoms with E-state index in [-0.39, 0.29) is 23.6 Å². The molecule has 2 rings (SSSR count). The molecule has 0 saturated heterocycles. The molecule has 0 N–H and O–H groups in total. The molecule has 0 saturated carbocycles. The molecule has 0 spiro atoms. The predicted molar refractivity (Wildman–Crippen MR) is 73.7 cm³/mol. The fraction of sp³-hybridized carbons (Fsp3) is 0.143. The van der Waals surface area contributed by atoms with Crippen LogP contribution in [0.2, 0.25) is 0 Å². The Balaban J connectivity index is 2.06. The van der Waals surface area contributed by atoms with Gasteiger partial charge in [0.15, 0.2) is 5.78 Å². The first kappa shape index (κ1) is 13.7. The van der Waals surface area contributed by atoms with Gasteiger partial charge in [-0.2, -0.15) is 0 Å². The summed E-state index contributed by atoms with van der Waals surface area (Å²) in [5.41, 5.74) is 0.277. The standard InChI is InChI=1S/C14H11BrFNO2/c15-12-2-1-8-17(14(12)19)9-7-13(18)10-3-5-11(16)6-4-10/h1-6,8H,7,9H2. The summed E-state index contributed by atoms with van der Waals surface area (Å²) >= 11 is 3.15. The van der Waals surface area contributed by atoms with E-state index in [1.165, 1.54) is 28.8 Å². The Kier molecular flexibility index (Phi) is 4.27. The normalized spacial score (nSPS) is 10.4. The predicted octanol–water partition coefficient (Wildman–Crippen LogP) is 3.02. The summed E-state index contributed by atoms with van der Waals surface area (Å²) in [6.45, 7) is 0.300. The molecule has 1 heterocycles. The third-order valence-corrected chi connectivity index (χ3v) is 3.32.